The second-order valence-corrected chi connectivity index (χ2v) is 7.25. The van der Waals surface area contributed by atoms with E-state index in [1.165, 1.54) is 17.7 Å². The van der Waals surface area contributed by atoms with Crippen molar-refractivity contribution < 1.29 is 4.79 Å². The Hall–Kier alpha value is -0.900. The van der Waals surface area contributed by atoms with E-state index in [0.717, 1.165) is 43.2 Å². The van der Waals surface area contributed by atoms with Crippen LogP contribution in [-0.2, 0) is 17.6 Å². The number of carbonyl (C=O) groups is 1. The predicted octanol–water partition coefficient (Wildman–Crippen LogP) is 2.48. The highest BCUT2D eigenvalue weighted by molar-refractivity contribution is 14.0. The average Bonchev–Trinajstić information content (AvgIpc) is 3.25. The van der Waals surface area contributed by atoms with Crippen LogP contribution in [0.15, 0.2) is 11.2 Å². The Kier molecular flexibility index (Phi) is 11.0. The molecule has 1 aromatic heterocycles. The fourth-order valence-electron chi connectivity index (χ4n) is 2.80. The first kappa shape index (κ1) is 22.1. The molecule has 1 saturated carbocycles. The quantitative estimate of drug-likeness (QED) is 0.304. The lowest BCUT2D eigenvalue weighted by Gasteiger charge is -2.13. The van der Waals surface area contributed by atoms with Gasteiger partial charge < -0.3 is 16.0 Å². The van der Waals surface area contributed by atoms with Crippen LogP contribution in [-0.4, -0.2) is 43.0 Å². The largest absolute Gasteiger partial charge is 0.356 e. The van der Waals surface area contributed by atoms with Gasteiger partial charge >= 0.3 is 0 Å². The number of amides is 1. The van der Waals surface area contributed by atoms with E-state index in [4.69, 9.17) is 0 Å². The highest BCUT2D eigenvalue weighted by atomic mass is 127. The van der Waals surface area contributed by atoms with Crippen molar-refractivity contribution in [3.05, 3.63) is 16.1 Å². The minimum absolute atomic E-state index is 0. The van der Waals surface area contributed by atoms with Crippen LogP contribution in [0.25, 0.3) is 0 Å². The second kappa shape index (κ2) is 12.5. The fraction of sp³-hybridized carbons (Fsp3) is 0.706. The summed E-state index contributed by atoms with van der Waals surface area (Å²) in [6.07, 6.45) is 9.07. The van der Waals surface area contributed by atoms with Gasteiger partial charge in [-0.15, -0.1) is 35.3 Å². The SMILES string of the molecule is CCc1cnc(CCNC(=NC)NCCC(=O)NC2CCCC2)s1.I. The average molecular weight is 479 g/mol. The summed E-state index contributed by atoms with van der Waals surface area (Å²) < 4.78 is 0. The van der Waals surface area contributed by atoms with Crippen molar-refractivity contribution in [3.8, 4) is 0 Å². The second-order valence-electron chi connectivity index (χ2n) is 6.05. The predicted molar refractivity (Wildman–Crippen MR) is 115 cm³/mol. The normalized spacial score (nSPS) is 14.9. The first-order valence-electron chi connectivity index (χ1n) is 8.88. The molecule has 3 N–H and O–H groups in total. The summed E-state index contributed by atoms with van der Waals surface area (Å²) in [5.41, 5.74) is 0. The molecule has 0 bridgehead atoms. The molecule has 1 aliphatic rings. The number of hydrogen-bond acceptors (Lipinski definition) is 4. The molecule has 8 heteroatoms. The van der Waals surface area contributed by atoms with Gasteiger partial charge in [0.25, 0.3) is 0 Å². The molecular formula is C17H30IN5OS. The van der Waals surface area contributed by atoms with E-state index in [0.29, 0.717) is 19.0 Å². The van der Waals surface area contributed by atoms with Crippen LogP contribution in [0.2, 0.25) is 0 Å². The van der Waals surface area contributed by atoms with Crippen LogP contribution in [0.1, 0.15) is 48.9 Å². The zero-order valence-electron chi connectivity index (χ0n) is 15.1. The maximum Gasteiger partial charge on any atom is 0.221 e. The zero-order chi connectivity index (χ0) is 17.2. The van der Waals surface area contributed by atoms with Gasteiger partial charge in [0.15, 0.2) is 5.96 Å². The van der Waals surface area contributed by atoms with Gasteiger partial charge in [0.05, 0.1) is 5.01 Å². The van der Waals surface area contributed by atoms with Crippen LogP contribution in [0, 0.1) is 0 Å². The van der Waals surface area contributed by atoms with Crippen molar-refractivity contribution in [2.45, 2.75) is 57.9 Å². The zero-order valence-corrected chi connectivity index (χ0v) is 18.3. The van der Waals surface area contributed by atoms with Gasteiger partial charge in [-0.05, 0) is 19.3 Å². The fourth-order valence-corrected chi connectivity index (χ4v) is 3.66. The molecular weight excluding hydrogens is 449 g/mol. The van der Waals surface area contributed by atoms with E-state index in [2.05, 4.69) is 32.9 Å². The minimum atomic E-state index is 0. The number of carbonyl (C=O) groups excluding carboxylic acids is 1. The maximum absolute atomic E-state index is 11.9. The van der Waals surface area contributed by atoms with Gasteiger partial charge in [-0.1, -0.05) is 19.8 Å². The molecule has 1 heterocycles. The number of aliphatic imine (C=N–C) groups is 1. The van der Waals surface area contributed by atoms with Crippen LogP contribution >= 0.6 is 35.3 Å². The molecule has 142 valence electrons. The van der Waals surface area contributed by atoms with Crippen molar-refractivity contribution in [1.82, 2.24) is 20.9 Å². The summed E-state index contributed by atoms with van der Waals surface area (Å²) in [5.74, 6) is 0.857. The van der Waals surface area contributed by atoms with Crippen LogP contribution in [0.4, 0.5) is 0 Å². The smallest absolute Gasteiger partial charge is 0.221 e. The number of guanidine groups is 1. The first-order valence-corrected chi connectivity index (χ1v) is 9.70. The molecule has 0 atom stereocenters. The number of nitrogens with zero attached hydrogens (tertiary/aromatic N) is 2. The minimum Gasteiger partial charge on any atom is -0.356 e. The monoisotopic (exact) mass is 479 g/mol. The standard InChI is InChI=1S/C17H29N5OS.HI/c1-3-14-12-21-16(24-14)9-11-20-17(18-2)19-10-8-15(23)22-13-6-4-5-7-13;/h12-13H,3-11H2,1-2H3,(H,22,23)(H2,18,19,20);1H. The molecule has 0 spiro atoms. The summed E-state index contributed by atoms with van der Waals surface area (Å²) in [4.78, 5) is 21.8. The van der Waals surface area contributed by atoms with Crippen LogP contribution in [0.5, 0.6) is 0 Å². The van der Waals surface area contributed by atoms with Gasteiger partial charge in [-0.3, -0.25) is 9.79 Å². The third-order valence-electron chi connectivity index (χ3n) is 4.17. The summed E-state index contributed by atoms with van der Waals surface area (Å²) in [5, 5.41) is 10.7. The number of aromatic nitrogens is 1. The lowest BCUT2D eigenvalue weighted by Crippen LogP contribution is -2.41. The Balaban J connectivity index is 0.00000312. The summed E-state index contributed by atoms with van der Waals surface area (Å²) >= 11 is 1.76. The Labute approximate surface area is 171 Å². The molecule has 0 radical (unpaired) electrons. The van der Waals surface area contributed by atoms with Crippen molar-refractivity contribution in [1.29, 1.82) is 0 Å². The van der Waals surface area contributed by atoms with Crippen LogP contribution < -0.4 is 16.0 Å². The molecule has 1 aliphatic carbocycles. The van der Waals surface area contributed by atoms with Crippen molar-refractivity contribution in [3.63, 3.8) is 0 Å². The molecule has 6 nitrogen and oxygen atoms in total. The van der Waals surface area contributed by atoms with E-state index in [9.17, 15) is 4.79 Å². The number of halogens is 1. The first-order chi connectivity index (χ1) is 11.7. The van der Waals surface area contributed by atoms with Crippen molar-refractivity contribution in [2.75, 3.05) is 20.1 Å². The Bertz CT molecular complexity index is 543. The third kappa shape index (κ3) is 8.35. The van der Waals surface area contributed by atoms with E-state index in [-0.39, 0.29) is 29.9 Å². The summed E-state index contributed by atoms with van der Waals surface area (Å²) in [7, 11) is 1.74. The molecule has 0 unspecified atom stereocenters. The van der Waals surface area contributed by atoms with E-state index in [1.807, 2.05) is 6.20 Å². The lowest BCUT2D eigenvalue weighted by molar-refractivity contribution is -0.121. The molecule has 0 aromatic carbocycles. The topological polar surface area (TPSA) is 78.4 Å². The Morgan fingerprint density at radius 1 is 1.32 bits per heavy atom. The molecule has 25 heavy (non-hydrogen) atoms. The lowest BCUT2D eigenvalue weighted by atomic mass is 10.2. The number of nitrogens with one attached hydrogen (secondary N) is 3. The third-order valence-corrected chi connectivity index (χ3v) is 5.37. The molecule has 1 amide bonds. The van der Waals surface area contributed by atoms with Crippen molar-refractivity contribution in [2.24, 2.45) is 4.99 Å². The van der Waals surface area contributed by atoms with Gasteiger partial charge in [0.2, 0.25) is 5.91 Å². The van der Waals surface area contributed by atoms with E-state index >= 15 is 0 Å². The molecule has 1 fully saturated rings. The molecule has 0 saturated heterocycles. The number of hydrogen-bond donors (Lipinski definition) is 3. The summed E-state index contributed by atoms with van der Waals surface area (Å²) in [6, 6.07) is 0.390. The molecule has 2 rings (SSSR count). The number of rotatable bonds is 8. The molecule has 1 aromatic rings. The van der Waals surface area contributed by atoms with Gasteiger partial charge in [0, 0.05) is 50.1 Å². The van der Waals surface area contributed by atoms with Gasteiger partial charge in [-0.2, -0.15) is 0 Å². The van der Waals surface area contributed by atoms with Crippen molar-refractivity contribution >= 4 is 47.2 Å². The highest BCUT2D eigenvalue weighted by Crippen LogP contribution is 2.17. The number of thiazole rings is 1. The van der Waals surface area contributed by atoms with Gasteiger partial charge in [0.1, 0.15) is 0 Å². The van der Waals surface area contributed by atoms with Gasteiger partial charge in [-0.25, -0.2) is 4.98 Å². The highest BCUT2D eigenvalue weighted by Gasteiger charge is 2.16. The van der Waals surface area contributed by atoms with E-state index in [1.54, 1.807) is 18.4 Å². The summed E-state index contributed by atoms with van der Waals surface area (Å²) in [6.45, 7) is 3.52. The van der Waals surface area contributed by atoms with E-state index < -0.39 is 0 Å². The van der Waals surface area contributed by atoms with Crippen LogP contribution in [0.3, 0.4) is 0 Å². The molecule has 0 aliphatic heterocycles. The maximum atomic E-state index is 11.9. The Morgan fingerprint density at radius 3 is 2.68 bits per heavy atom. The number of aryl methyl sites for hydroxylation is 1. The Morgan fingerprint density at radius 2 is 2.04 bits per heavy atom.